The van der Waals surface area contributed by atoms with Gasteiger partial charge in [-0.3, -0.25) is 0 Å². The first-order chi connectivity index (χ1) is 3.83. The van der Waals surface area contributed by atoms with E-state index in [0.29, 0.717) is 0 Å². The van der Waals surface area contributed by atoms with Gasteiger partial charge in [0.2, 0.25) is 0 Å². The van der Waals surface area contributed by atoms with Crippen molar-refractivity contribution in [3.8, 4) is 0 Å². The Labute approximate surface area is 82.1 Å². The van der Waals surface area contributed by atoms with Gasteiger partial charge in [-0.15, -0.1) is 0 Å². The van der Waals surface area contributed by atoms with E-state index in [2.05, 4.69) is 0 Å². The third-order valence-corrected chi connectivity index (χ3v) is 0.250. The predicted molar refractivity (Wildman–Crippen MR) is 36.8 cm³/mol. The molecule has 10 heavy (non-hydrogen) atoms. The number of halogens is 1. The summed E-state index contributed by atoms with van der Waals surface area (Å²) in [6.45, 7) is 0.944. The van der Waals surface area contributed by atoms with Crippen LogP contribution in [-0.4, -0.2) is 26.2 Å². The SMILES string of the molecule is [Cl-].[NH-]CC[NH-].[NH-]CC[NH-].[Pd+2]. The molecule has 6 heteroatoms. The molecular formula is C4H12ClN4Pd-3. The third kappa shape index (κ3) is 68.5. The summed E-state index contributed by atoms with van der Waals surface area (Å²) >= 11 is 0. The van der Waals surface area contributed by atoms with Crippen molar-refractivity contribution < 1.29 is 32.8 Å². The van der Waals surface area contributed by atoms with Crippen LogP contribution in [0.25, 0.3) is 22.9 Å². The molecule has 0 aliphatic heterocycles. The first kappa shape index (κ1) is 22.4. The van der Waals surface area contributed by atoms with Gasteiger partial charge in [0.1, 0.15) is 0 Å². The van der Waals surface area contributed by atoms with E-state index in [0.717, 1.165) is 0 Å². The molecule has 0 aliphatic carbocycles. The molecule has 0 amide bonds. The first-order valence-electron chi connectivity index (χ1n) is 2.41. The second-order valence-electron chi connectivity index (χ2n) is 1.000. The standard InChI is InChI=1S/2C2H6N2.ClH.Pd/c2*3-1-2-4;;/h2*3-4H,1-2H2;1H;/q2*-2;;+2/p-1. The molecule has 0 bridgehead atoms. The van der Waals surface area contributed by atoms with Gasteiger partial charge in [0.25, 0.3) is 0 Å². The van der Waals surface area contributed by atoms with Crippen LogP contribution in [0, 0.1) is 0 Å². The van der Waals surface area contributed by atoms with Crippen molar-refractivity contribution in [1.82, 2.24) is 0 Å². The molecule has 0 unspecified atom stereocenters. The maximum absolute atomic E-state index is 6.26. The molecule has 0 aromatic carbocycles. The van der Waals surface area contributed by atoms with E-state index in [9.17, 15) is 0 Å². The van der Waals surface area contributed by atoms with E-state index < -0.39 is 0 Å². The van der Waals surface area contributed by atoms with Crippen LogP contribution in [-0.2, 0) is 20.4 Å². The molecule has 68 valence electrons. The Kier molecular flexibility index (Phi) is 73.9. The number of hydrogen-bond acceptors (Lipinski definition) is 0. The Bertz CT molecular complexity index is 25.2. The zero-order valence-corrected chi connectivity index (χ0v) is 7.83. The fourth-order valence-electron chi connectivity index (χ4n) is 0. The minimum absolute atomic E-state index is 0. The molecule has 4 nitrogen and oxygen atoms in total. The summed E-state index contributed by atoms with van der Waals surface area (Å²) in [5, 5.41) is 0. The quantitative estimate of drug-likeness (QED) is 0.579. The molecule has 0 radical (unpaired) electrons. The Morgan fingerprint density at radius 3 is 0.700 bits per heavy atom. The van der Waals surface area contributed by atoms with E-state index in [-0.39, 0.29) is 59.0 Å². The van der Waals surface area contributed by atoms with Crippen molar-refractivity contribution in [1.29, 1.82) is 0 Å². The molecule has 0 spiro atoms. The van der Waals surface area contributed by atoms with Gasteiger partial charge < -0.3 is 35.3 Å². The average Bonchev–Trinajstić information content (AvgIpc) is 1.88. The van der Waals surface area contributed by atoms with Crippen molar-refractivity contribution in [3.05, 3.63) is 22.9 Å². The fraction of sp³-hybridized carbons (Fsp3) is 1.00. The fourth-order valence-corrected chi connectivity index (χ4v) is 0. The van der Waals surface area contributed by atoms with Crippen LogP contribution in [0.3, 0.4) is 0 Å². The van der Waals surface area contributed by atoms with Crippen molar-refractivity contribution in [2.24, 2.45) is 0 Å². The number of hydrogen-bond donors (Lipinski definition) is 0. The van der Waals surface area contributed by atoms with Crippen molar-refractivity contribution in [2.45, 2.75) is 0 Å². The topological polar surface area (TPSA) is 95.2 Å². The van der Waals surface area contributed by atoms with Crippen LogP contribution in [0.4, 0.5) is 0 Å². The van der Waals surface area contributed by atoms with Gasteiger partial charge in [-0.05, 0) is 0 Å². The van der Waals surface area contributed by atoms with Gasteiger partial charge in [-0.25, -0.2) is 0 Å². The van der Waals surface area contributed by atoms with Gasteiger partial charge in [0.05, 0.1) is 0 Å². The molecule has 0 saturated heterocycles. The Hall–Kier alpha value is 0.792. The van der Waals surface area contributed by atoms with Gasteiger partial charge in [0, 0.05) is 0 Å². The number of rotatable bonds is 2. The monoisotopic (exact) mass is 257 g/mol. The molecule has 0 aromatic rings. The van der Waals surface area contributed by atoms with Crippen molar-refractivity contribution in [2.75, 3.05) is 26.2 Å². The van der Waals surface area contributed by atoms with Crippen LogP contribution in [0.1, 0.15) is 0 Å². The van der Waals surface area contributed by atoms with Crippen LogP contribution in [0.5, 0.6) is 0 Å². The smallest absolute Gasteiger partial charge is 1.00 e. The van der Waals surface area contributed by atoms with Gasteiger partial charge >= 0.3 is 20.4 Å². The third-order valence-electron chi connectivity index (χ3n) is 0.250. The summed E-state index contributed by atoms with van der Waals surface area (Å²) in [7, 11) is 0. The molecule has 4 N–H and O–H groups in total. The molecule has 0 aromatic heterocycles. The van der Waals surface area contributed by atoms with Crippen LogP contribution < -0.4 is 12.4 Å². The zero-order valence-electron chi connectivity index (χ0n) is 5.52. The average molecular weight is 258 g/mol. The van der Waals surface area contributed by atoms with Crippen molar-refractivity contribution in [3.63, 3.8) is 0 Å². The molecule has 0 saturated carbocycles. The van der Waals surface area contributed by atoms with Crippen molar-refractivity contribution >= 4 is 0 Å². The Morgan fingerprint density at radius 2 is 0.700 bits per heavy atom. The maximum Gasteiger partial charge on any atom is 2.00 e. The predicted octanol–water partition coefficient (Wildman–Crippen LogP) is -0.817. The summed E-state index contributed by atoms with van der Waals surface area (Å²) in [5.74, 6) is 0. The summed E-state index contributed by atoms with van der Waals surface area (Å²) < 4.78 is 0. The Morgan fingerprint density at radius 1 is 0.600 bits per heavy atom. The summed E-state index contributed by atoms with van der Waals surface area (Å²) in [6.07, 6.45) is 0. The van der Waals surface area contributed by atoms with E-state index in [1.54, 1.807) is 0 Å². The number of nitrogens with one attached hydrogen (secondary N) is 4. The molecule has 0 fully saturated rings. The molecule has 0 atom stereocenters. The first-order valence-corrected chi connectivity index (χ1v) is 2.41. The van der Waals surface area contributed by atoms with Gasteiger partial charge in [-0.2, -0.15) is 26.2 Å². The van der Waals surface area contributed by atoms with E-state index >= 15 is 0 Å². The largest absolute Gasteiger partial charge is 2.00 e. The maximum atomic E-state index is 6.26. The molecule has 0 rings (SSSR count). The van der Waals surface area contributed by atoms with E-state index in [4.69, 9.17) is 22.9 Å². The molecular weight excluding hydrogens is 246 g/mol. The second-order valence-corrected chi connectivity index (χ2v) is 1.000. The summed E-state index contributed by atoms with van der Waals surface area (Å²) in [5.41, 5.74) is 25.1. The van der Waals surface area contributed by atoms with Gasteiger partial charge in [-0.1, -0.05) is 0 Å². The van der Waals surface area contributed by atoms with E-state index in [1.807, 2.05) is 0 Å². The minimum Gasteiger partial charge on any atom is -1.00 e. The molecule has 0 aliphatic rings. The van der Waals surface area contributed by atoms with Crippen LogP contribution in [0.2, 0.25) is 0 Å². The zero-order chi connectivity index (χ0) is 6.83. The van der Waals surface area contributed by atoms with E-state index in [1.165, 1.54) is 0 Å². The minimum atomic E-state index is 0. The van der Waals surface area contributed by atoms with Crippen LogP contribution in [0.15, 0.2) is 0 Å². The Balaban J connectivity index is -0.0000000300. The second kappa shape index (κ2) is 33.0. The van der Waals surface area contributed by atoms with Gasteiger partial charge in [0.15, 0.2) is 0 Å². The molecule has 0 heterocycles. The summed E-state index contributed by atoms with van der Waals surface area (Å²) in [4.78, 5) is 0. The normalized spacial score (nSPS) is 6.00. The summed E-state index contributed by atoms with van der Waals surface area (Å²) in [6, 6.07) is 0. The van der Waals surface area contributed by atoms with Crippen LogP contribution >= 0.6 is 0 Å².